The lowest BCUT2D eigenvalue weighted by Crippen LogP contribution is -2.28. The molecular formula is C25H18. The normalized spacial score (nSPS) is 20.8. The highest BCUT2D eigenvalue weighted by molar-refractivity contribution is 5.92. The second kappa shape index (κ2) is 4.61. The van der Waals surface area contributed by atoms with Crippen molar-refractivity contribution in [1.82, 2.24) is 0 Å². The van der Waals surface area contributed by atoms with Crippen LogP contribution in [-0.2, 0) is 5.41 Å². The molecule has 118 valence electrons. The lowest BCUT2D eigenvalue weighted by molar-refractivity contribution is 0.768. The maximum atomic E-state index is 2.45. The van der Waals surface area contributed by atoms with E-state index in [4.69, 9.17) is 0 Å². The molecule has 0 nitrogen and oxygen atoms in total. The summed E-state index contributed by atoms with van der Waals surface area (Å²) in [5.74, 6) is 0. The van der Waals surface area contributed by atoms with E-state index in [0.717, 1.165) is 12.8 Å². The maximum absolute atomic E-state index is 2.45. The Morgan fingerprint density at radius 1 is 0.600 bits per heavy atom. The van der Waals surface area contributed by atoms with Crippen molar-refractivity contribution in [3.63, 3.8) is 0 Å². The van der Waals surface area contributed by atoms with Crippen molar-refractivity contribution in [1.29, 1.82) is 0 Å². The topological polar surface area (TPSA) is 0 Å². The van der Waals surface area contributed by atoms with Gasteiger partial charge in [-0.3, -0.25) is 0 Å². The first-order valence-corrected chi connectivity index (χ1v) is 9.11. The highest BCUT2D eigenvalue weighted by Gasteiger charge is 2.53. The third kappa shape index (κ3) is 1.45. The van der Waals surface area contributed by atoms with Crippen LogP contribution >= 0.6 is 0 Å². The van der Waals surface area contributed by atoms with E-state index in [1.165, 1.54) is 44.5 Å². The molecule has 0 N–H and O–H groups in total. The molecule has 0 unspecified atom stereocenters. The smallest absolute Gasteiger partial charge is 0.0719 e. The Morgan fingerprint density at radius 2 is 1.08 bits per heavy atom. The number of rotatable bonds is 0. The van der Waals surface area contributed by atoms with Crippen LogP contribution in [0.3, 0.4) is 0 Å². The average Bonchev–Trinajstić information content (AvgIpc) is 3.16. The van der Waals surface area contributed by atoms with Gasteiger partial charge in [0.15, 0.2) is 0 Å². The van der Waals surface area contributed by atoms with Crippen molar-refractivity contribution < 1.29 is 0 Å². The van der Waals surface area contributed by atoms with Gasteiger partial charge in [-0.25, -0.2) is 0 Å². The highest BCUT2D eigenvalue weighted by Crippen LogP contribution is 2.64. The number of hydrogen-bond acceptors (Lipinski definition) is 0. The molecule has 0 fully saturated rings. The molecule has 4 aliphatic carbocycles. The molecule has 6 rings (SSSR count). The van der Waals surface area contributed by atoms with Gasteiger partial charge in [0.05, 0.1) is 5.41 Å². The molecular weight excluding hydrogens is 300 g/mol. The van der Waals surface area contributed by atoms with Crippen LogP contribution in [0.25, 0.3) is 11.1 Å². The van der Waals surface area contributed by atoms with Gasteiger partial charge in [0, 0.05) is 0 Å². The molecule has 4 aliphatic rings. The van der Waals surface area contributed by atoms with Crippen LogP contribution < -0.4 is 0 Å². The Balaban J connectivity index is 1.80. The number of hydrogen-bond donors (Lipinski definition) is 0. The summed E-state index contributed by atoms with van der Waals surface area (Å²) in [4.78, 5) is 0. The van der Waals surface area contributed by atoms with Gasteiger partial charge in [-0.2, -0.15) is 0 Å². The standard InChI is InChI=1S/C25H18/c1-5-13-21-17(9-1)18-10-2-6-14-22(18)25(21)23-15-7-3-11-19(23)20-12-4-8-16-24(20)25/h1-6,9-16H,7-8H2. The molecule has 0 aromatic heterocycles. The molecule has 0 saturated heterocycles. The van der Waals surface area contributed by atoms with E-state index in [2.05, 4.69) is 85.0 Å². The van der Waals surface area contributed by atoms with Crippen LogP contribution in [0.1, 0.15) is 24.0 Å². The molecule has 2 aromatic rings. The first-order chi connectivity index (χ1) is 12.4. The first kappa shape index (κ1) is 13.4. The van der Waals surface area contributed by atoms with Gasteiger partial charge in [-0.1, -0.05) is 85.0 Å². The number of fused-ring (bicyclic) bond motifs is 9. The van der Waals surface area contributed by atoms with Crippen molar-refractivity contribution in [3.05, 3.63) is 118 Å². The summed E-state index contributed by atoms with van der Waals surface area (Å²) in [6.07, 6.45) is 16.2. The molecule has 0 radical (unpaired) electrons. The van der Waals surface area contributed by atoms with E-state index in [1.54, 1.807) is 0 Å². The summed E-state index contributed by atoms with van der Waals surface area (Å²) < 4.78 is 0. The quantitative estimate of drug-likeness (QED) is 0.556. The third-order valence-electron chi connectivity index (χ3n) is 6.12. The van der Waals surface area contributed by atoms with Gasteiger partial charge < -0.3 is 0 Å². The van der Waals surface area contributed by atoms with E-state index in [0.29, 0.717) is 0 Å². The zero-order valence-electron chi connectivity index (χ0n) is 14.0. The van der Waals surface area contributed by atoms with Crippen molar-refractivity contribution >= 4 is 0 Å². The van der Waals surface area contributed by atoms with Gasteiger partial charge in [0.1, 0.15) is 0 Å². The summed E-state index contributed by atoms with van der Waals surface area (Å²) in [5.41, 5.74) is 11.4. The minimum atomic E-state index is -0.118. The lowest BCUT2D eigenvalue weighted by atomic mass is 9.67. The van der Waals surface area contributed by atoms with E-state index in [-0.39, 0.29) is 5.41 Å². The molecule has 1 spiro atoms. The minimum Gasteiger partial charge on any atom is -0.0801 e. The number of allylic oxidation sites excluding steroid dienone is 10. The SMILES string of the molecule is C1=CC2=C3C=CCC=C3C3(C2=CC1)c1ccccc1-c1ccccc13. The van der Waals surface area contributed by atoms with Crippen molar-refractivity contribution in [3.8, 4) is 11.1 Å². The van der Waals surface area contributed by atoms with Crippen LogP contribution in [0, 0.1) is 0 Å². The molecule has 0 heterocycles. The van der Waals surface area contributed by atoms with E-state index in [1.807, 2.05) is 0 Å². The van der Waals surface area contributed by atoms with Gasteiger partial charge in [0.25, 0.3) is 0 Å². The monoisotopic (exact) mass is 318 g/mol. The van der Waals surface area contributed by atoms with Gasteiger partial charge in [-0.05, 0) is 57.4 Å². The summed E-state index contributed by atoms with van der Waals surface area (Å²) in [6.45, 7) is 0. The van der Waals surface area contributed by atoms with Crippen LogP contribution in [0.5, 0.6) is 0 Å². The molecule has 0 aliphatic heterocycles. The van der Waals surface area contributed by atoms with Gasteiger partial charge in [0.2, 0.25) is 0 Å². The van der Waals surface area contributed by atoms with E-state index >= 15 is 0 Å². The molecule has 0 atom stereocenters. The van der Waals surface area contributed by atoms with E-state index < -0.39 is 0 Å². The molecule has 0 saturated carbocycles. The first-order valence-electron chi connectivity index (χ1n) is 9.11. The molecule has 2 aromatic carbocycles. The minimum absolute atomic E-state index is 0.118. The Labute approximate surface area is 148 Å². The van der Waals surface area contributed by atoms with Crippen LogP contribution in [-0.4, -0.2) is 0 Å². The summed E-state index contributed by atoms with van der Waals surface area (Å²) in [5, 5.41) is 0. The largest absolute Gasteiger partial charge is 0.0801 e. The molecule has 25 heavy (non-hydrogen) atoms. The van der Waals surface area contributed by atoms with Crippen LogP contribution in [0.4, 0.5) is 0 Å². The Morgan fingerprint density at radius 3 is 1.60 bits per heavy atom. The predicted molar refractivity (Wildman–Crippen MR) is 103 cm³/mol. The van der Waals surface area contributed by atoms with Crippen molar-refractivity contribution in [2.75, 3.05) is 0 Å². The molecule has 0 bridgehead atoms. The summed E-state index contributed by atoms with van der Waals surface area (Å²) in [6, 6.07) is 18.0. The fourth-order valence-corrected chi connectivity index (χ4v) is 5.28. The van der Waals surface area contributed by atoms with Crippen molar-refractivity contribution in [2.24, 2.45) is 0 Å². The predicted octanol–water partition coefficient (Wildman–Crippen LogP) is 6.04. The van der Waals surface area contributed by atoms with E-state index in [9.17, 15) is 0 Å². The second-order valence-electron chi connectivity index (χ2n) is 7.18. The third-order valence-corrected chi connectivity index (χ3v) is 6.12. The number of benzene rings is 2. The Hall–Kier alpha value is -2.86. The summed E-state index contributed by atoms with van der Waals surface area (Å²) in [7, 11) is 0. The zero-order valence-corrected chi connectivity index (χ0v) is 14.0. The molecule has 0 amide bonds. The lowest BCUT2D eigenvalue weighted by Gasteiger charge is -2.33. The molecule has 0 heteroatoms. The Bertz CT molecular complexity index is 995. The maximum Gasteiger partial charge on any atom is 0.0719 e. The van der Waals surface area contributed by atoms with Crippen molar-refractivity contribution in [2.45, 2.75) is 18.3 Å². The highest BCUT2D eigenvalue weighted by atomic mass is 14.5. The zero-order chi connectivity index (χ0) is 16.4. The fourth-order valence-electron chi connectivity index (χ4n) is 5.28. The van der Waals surface area contributed by atoms with Crippen LogP contribution in [0.2, 0.25) is 0 Å². The van der Waals surface area contributed by atoms with Gasteiger partial charge in [-0.15, -0.1) is 0 Å². The fraction of sp³-hybridized carbons (Fsp3) is 0.120. The van der Waals surface area contributed by atoms with Gasteiger partial charge >= 0.3 is 0 Å². The second-order valence-corrected chi connectivity index (χ2v) is 7.18. The average molecular weight is 318 g/mol. The van der Waals surface area contributed by atoms with Crippen LogP contribution in [0.15, 0.2) is 107 Å². The Kier molecular flexibility index (Phi) is 2.48. The summed E-state index contributed by atoms with van der Waals surface area (Å²) >= 11 is 0.